The second-order valence-electron chi connectivity index (χ2n) is 2.73. The van der Waals surface area contributed by atoms with E-state index in [-0.39, 0.29) is 5.56 Å². The van der Waals surface area contributed by atoms with Crippen LogP contribution in [0.3, 0.4) is 0 Å². The molecule has 0 fully saturated rings. The fourth-order valence-corrected chi connectivity index (χ4v) is 0.943. The Morgan fingerprint density at radius 1 is 1.64 bits per heavy atom. The first-order valence-electron chi connectivity index (χ1n) is 4.05. The van der Waals surface area contributed by atoms with Crippen LogP contribution in [0.15, 0.2) is 18.2 Å². The second-order valence-corrected chi connectivity index (χ2v) is 2.73. The molecule has 0 aliphatic heterocycles. The maximum Gasteiger partial charge on any atom is 0.156 e. The Hall–Kier alpha value is -1.82. The first-order chi connectivity index (χ1) is 6.67. The van der Waals surface area contributed by atoms with Gasteiger partial charge >= 0.3 is 0 Å². The third-order valence-corrected chi connectivity index (χ3v) is 1.64. The van der Waals surface area contributed by atoms with E-state index in [0.29, 0.717) is 12.0 Å². The third kappa shape index (κ3) is 2.33. The van der Waals surface area contributed by atoms with Gasteiger partial charge in [0.15, 0.2) is 12.4 Å². The van der Waals surface area contributed by atoms with Crippen molar-refractivity contribution in [3.63, 3.8) is 0 Å². The van der Waals surface area contributed by atoms with Crippen LogP contribution in [0, 0.1) is 18.2 Å². The van der Waals surface area contributed by atoms with Gasteiger partial charge in [-0.3, -0.25) is 4.79 Å². The van der Waals surface area contributed by atoms with Crippen molar-refractivity contribution in [2.24, 2.45) is 0 Å². The average Bonchev–Trinajstić information content (AvgIpc) is 2.20. The van der Waals surface area contributed by atoms with Crippen molar-refractivity contribution >= 4 is 6.29 Å². The number of terminal acetylenes is 1. The van der Waals surface area contributed by atoms with Crippen LogP contribution in [0.1, 0.15) is 17.3 Å². The van der Waals surface area contributed by atoms with Crippen LogP contribution in [-0.2, 0) is 0 Å². The van der Waals surface area contributed by atoms with Gasteiger partial charge in [0.05, 0.1) is 5.56 Å². The first kappa shape index (κ1) is 10.3. The van der Waals surface area contributed by atoms with E-state index in [4.69, 9.17) is 11.2 Å². The highest BCUT2D eigenvalue weighted by Gasteiger charge is 2.06. The third-order valence-electron chi connectivity index (χ3n) is 1.64. The number of benzene rings is 1. The molecule has 0 saturated carbocycles. The van der Waals surface area contributed by atoms with Gasteiger partial charge in [0.1, 0.15) is 11.6 Å². The van der Waals surface area contributed by atoms with Crippen molar-refractivity contribution in [1.29, 1.82) is 0 Å². The van der Waals surface area contributed by atoms with E-state index in [1.165, 1.54) is 12.1 Å². The van der Waals surface area contributed by atoms with Crippen LogP contribution in [0.25, 0.3) is 0 Å². The Kier molecular flexibility index (Phi) is 3.24. The topological polar surface area (TPSA) is 26.3 Å². The molecule has 0 aliphatic rings. The summed E-state index contributed by atoms with van der Waals surface area (Å²) in [5.41, 5.74) is 0.159. The molecule has 3 heteroatoms. The summed E-state index contributed by atoms with van der Waals surface area (Å²) < 4.78 is 17.9. The lowest BCUT2D eigenvalue weighted by atomic mass is 10.2. The highest BCUT2D eigenvalue weighted by atomic mass is 19.1. The van der Waals surface area contributed by atoms with Crippen molar-refractivity contribution in [3.8, 4) is 18.1 Å². The summed E-state index contributed by atoms with van der Waals surface area (Å²) in [7, 11) is 0. The Balaban J connectivity index is 2.97. The maximum absolute atomic E-state index is 12.7. The van der Waals surface area contributed by atoms with Crippen LogP contribution in [0.4, 0.5) is 4.39 Å². The fourth-order valence-electron chi connectivity index (χ4n) is 0.943. The number of aldehydes is 1. The van der Waals surface area contributed by atoms with Crippen LogP contribution >= 0.6 is 0 Å². The zero-order valence-electron chi connectivity index (χ0n) is 7.66. The maximum atomic E-state index is 12.7. The number of hydrogen-bond donors (Lipinski definition) is 0. The zero-order chi connectivity index (χ0) is 10.6. The second kappa shape index (κ2) is 4.43. The number of ether oxygens (including phenoxy) is 1. The summed E-state index contributed by atoms with van der Waals surface area (Å²) in [5, 5.41) is 0. The van der Waals surface area contributed by atoms with Crippen LogP contribution in [-0.4, -0.2) is 12.4 Å². The molecule has 72 valence electrons. The molecule has 1 unspecified atom stereocenters. The molecule has 0 radical (unpaired) electrons. The molecule has 0 heterocycles. The predicted octanol–water partition coefficient (Wildman–Crippen LogP) is 2.04. The van der Waals surface area contributed by atoms with Gasteiger partial charge < -0.3 is 4.74 Å². The Labute approximate surface area is 81.7 Å². The number of rotatable bonds is 3. The Bertz CT molecular complexity index is 379. The lowest BCUT2D eigenvalue weighted by Crippen LogP contribution is -2.09. The van der Waals surface area contributed by atoms with E-state index in [2.05, 4.69) is 5.92 Å². The van der Waals surface area contributed by atoms with Gasteiger partial charge in [-0.15, -0.1) is 6.42 Å². The van der Waals surface area contributed by atoms with Crippen LogP contribution < -0.4 is 4.74 Å². The molecule has 0 saturated heterocycles. The molecular weight excluding hydrogens is 183 g/mol. The molecule has 0 aromatic heterocycles. The number of carbonyl (C=O) groups is 1. The van der Waals surface area contributed by atoms with Crippen molar-refractivity contribution in [3.05, 3.63) is 29.6 Å². The average molecular weight is 192 g/mol. The number of halogens is 1. The minimum atomic E-state index is -0.479. The molecule has 1 aromatic rings. The van der Waals surface area contributed by atoms with Crippen molar-refractivity contribution in [1.82, 2.24) is 0 Å². The van der Waals surface area contributed by atoms with Gasteiger partial charge in [-0.2, -0.15) is 0 Å². The lowest BCUT2D eigenvalue weighted by molar-refractivity contribution is 0.111. The minimum Gasteiger partial charge on any atom is -0.477 e. The molecule has 1 aromatic carbocycles. The molecule has 1 rings (SSSR count). The standard InChI is InChI=1S/C11H9FO2/c1-3-8(2)14-11-5-4-10(12)6-9(11)7-13/h1,4-8H,2H3. The van der Waals surface area contributed by atoms with E-state index < -0.39 is 11.9 Å². The van der Waals surface area contributed by atoms with Crippen LogP contribution in [0.5, 0.6) is 5.75 Å². The monoisotopic (exact) mass is 192 g/mol. The predicted molar refractivity (Wildman–Crippen MR) is 50.7 cm³/mol. The first-order valence-corrected chi connectivity index (χ1v) is 4.05. The summed E-state index contributed by atoms with van der Waals surface area (Å²) in [4.78, 5) is 10.6. The molecular formula is C11H9FO2. The molecule has 0 aliphatic carbocycles. The van der Waals surface area contributed by atoms with Gasteiger partial charge in [0, 0.05) is 0 Å². The summed E-state index contributed by atoms with van der Waals surface area (Å²) in [5.74, 6) is 2.17. The van der Waals surface area contributed by atoms with E-state index in [0.717, 1.165) is 6.07 Å². The van der Waals surface area contributed by atoms with Gasteiger partial charge in [0.25, 0.3) is 0 Å². The van der Waals surface area contributed by atoms with Gasteiger partial charge in [-0.1, -0.05) is 5.92 Å². The lowest BCUT2D eigenvalue weighted by Gasteiger charge is -2.10. The van der Waals surface area contributed by atoms with E-state index in [1.54, 1.807) is 6.92 Å². The van der Waals surface area contributed by atoms with Crippen molar-refractivity contribution < 1.29 is 13.9 Å². The smallest absolute Gasteiger partial charge is 0.156 e. The van der Waals surface area contributed by atoms with Crippen LogP contribution in [0.2, 0.25) is 0 Å². The highest BCUT2D eigenvalue weighted by Crippen LogP contribution is 2.18. The zero-order valence-corrected chi connectivity index (χ0v) is 7.66. The Morgan fingerprint density at radius 2 is 2.36 bits per heavy atom. The van der Waals surface area contributed by atoms with Gasteiger partial charge in [-0.05, 0) is 25.1 Å². The molecule has 0 amide bonds. The SMILES string of the molecule is C#CC(C)Oc1ccc(F)cc1C=O. The minimum absolute atomic E-state index is 0.159. The van der Waals surface area contributed by atoms with E-state index in [9.17, 15) is 9.18 Å². The van der Waals surface area contributed by atoms with E-state index >= 15 is 0 Å². The molecule has 0 spiro atoms. The summed E-state index contributed by atoms with van der Waals surface area (Å²) in [6.45, 7) is 1.66. The fraction of sp³-hybridized carbons (Fsp3) is 0.182. The quantitative estimate of drug-likeness (QED) is 0.541. The molecule has 2 nitrogen and oxygen atoms in total. The molecule has 14 heavy (non-hydrogen) atoms. The largest absolute Gasteiger partial charge is 0.477 e. The van der Waals surface area contributed by atoms with Gasteiger partial charge in [0.2, 0.25) is 0 Å². The summed E-state index contributed by atoms with van der Waals surface area (Å²) >= 11 is 0. The Morgan fingerprint density at radius 3 is 2.93 bits per heavy atom. The summed E-state index contributed by atoms with van der Waals surface area (Å²) in [6, 6.07) is 3.70. The summed E-state index contributed by atoms with van der Waals surface area (Å²) in [6.07, 6.45) is 5.19. The normalized spacial score (nSPS) is 11.5. The van der Waals surface area contributed by atoms with Crippen molar-refractivity contribution in [2.75, 3.05) is 0 Å². The molecule has 0 N–H and O–H groups in total. The number of carbonyl (C=O) groups excluding carboxylic acids is 1. The highest BCUT2D eigenvalue weighted by molar-refractivity contribution is 5.79. The van der Waals surface area contributed by atoms with E-state index in [1.807, 2.05) is 0 Å². The van der Waals surface area contributed by atoms with Crippen molar-refractivity contribution in [2.45, 2.75) is 13.0 Å². The molecule has 1 atom stereocenters. The molecule has 0 bridgehead atoms. The van der Waals surface area contributed by atoms with Gasteiger partial charge in [-0.25, -0.2) is 4.39 Å². The number of hydrogen-bond acceptors (Lipinski definition) is 2.